The summed E-state index contributed by atoms with van der Waals surface area (Å²) in [7, 11) is 0. The Morgan fingerprint density at radius 2 is 1.96 bits per heavy atom. The molecule has 1 N–H and O–H groups in total. The summed E-state index contributed by atoms with van der Waals surface area (Å²) in [6, 6.07) is 10.0. The highest BCUT2D eigenvalue weighted by Crippen LogP contribution is 2.31. The van der Waals surface area contributed by atoms with Crippen molar-refractivity contribution in [2.24, 2.45) is 0 Å². The van der Waals surface area contributed by atoms with Gasteiger partial charge < -0.3 is 14.8 Å². The van der Waals surface area contributed by atoms with E-state index < -0.39 is 4.92 Å². The number of amides is 1. The van der Waals surface area contributed by atoms with Crippen molar-refractivity contribution in [1.82, 2.24) is 0 Å². The van der Waals surface area contributed by atoms with Crippen LogP contribution in [-0.2, 0) is 4.79 Å². The van der Waals surface area contributed by atoms with Crippen LogP contribution in [0, 0.1) is 17.0 Å². The first-order valence-corrected chi connectivity index (χ1v) is 8.17. The molecule has 2 aromatic rings. The first-order valence-electron chi connectivity index (χ1n) is 8.17. The molecule has 1 aliphatic heterocycles. The van der Waals surface area contributed by atoms with Crippen LogP contribution in [0.5, 0.6) is 11.5 Å². The van der Waals surface area contributed by atoms with Gasteiger partial charge in [-0.3, -0.25) is 14.9 Å². The number of hydrogen-bond acceptors (Lipinski definition) is 5. The number of carbonyl (C=O) groups excluding carboxylic acids is 1. The maximum Gasteiger partial charge on any atom is 0.274 e. The van der Waals surface area contributed by atoms with E-state index in [0.29, 0.717) is 36.0 Å². The van der Waals surface area contributed by atoms with Gasteiger partial charge in [0, 0.05) is 18.6 Å². The Bertz CT molecular complexity index is 876. The zero-order valence-electron chi connectivity index (χ0n) is 14.2. The second-order valence-electron chi connectivity index (χ2n) is 5.79. The lowest BCUT2D eigenvalue weighted by molar-refractivity contribution is -0.385. The summed E-state index contributed by atoms with van der Waals surface area (Å²) < 4.78 is 11.2. The SMILES string of the molecule is Cc1c(NC(=O)C=Cc2ccc3c(c2)OCCCO3)cccc1[N+](=O)[O-]. The lowest BCUT2D eigenvalue weighted by Crippen LogP contribution is -2.09. The number of carbonyl (C=O) groups is 1. The zero-order valence-corrected chi connectivity index (χ0v) is 14.2. The Kier molecular flexibility index (Phi) is 5.17. The molecule has 0 saturated carbocycles. The minimum atomic E-state index is -0.474. The molecular formula is C19H18N2O5. The molecule has 0 radical (unpaired) electrons. The number of nitro groups is 1. The molecule has 1 heterocycles. The van der Waals surface area contributed by atoms with E-state index in [-0.39, 0.29) is 11.6 Å². The molecule has 0 fully saturated rings. The van der Waals surface area contributed by atoms with Gasteiger partial charge in [-0.25, -0.2) is 0 Å². The average molecular weight is 354 g/mol. The summed E-state index contributed by atoms with van der Waals surface area (Å²) in [5, 5.41) is 13.6. The number of fused-ring (bicyclic) bond motifs is 1. The van der Waals surface area contributed by atoms with Crippen LogP contribution >= 0.6 is 0 Å². The minimum Gasteiger partial charge on any atom is -0.490 e. The molecule has 134 valence electrons. The monoisotopic (exact) mass is 354 g/mol. The fraction of sp³-hybridized carbons (Fsp3) is 0.211. The van der Waals surface area contributed by atoms with Crippen LogP contribution in [0.1, 0.15) is 17.5 Å². The number of benzene rings is 2. The minimum absolute atomic E-state index is 0.0327. The van der Waals surface area contributed by atoms with Gasteiger partial charge in [-0.15, -0.1) is 0 Å². The smallest absolute Gasteiger partial charge is 0.274 e. The van der Waals surface area contributed by atoms with Crippen molar-refractivity contribution in [3.63, 3.8) is 0 Å². The largest absolute Gasteiger partial charge is 0.490 e. The molecule has 2 aromatic carbocycles. The first kappa shape index (κ1) is 17.5. The number of nitrogens with one attached hydrogen (secondary N) is 1. The Morgan fingerprint density at radius 3 is 2.73 bits per heavy atom. The molecule has 3 rings (SSSR count). The van der Waals surface area contributed by atoms with E-state index in [9.17, 15) is 14.9 Å². The van der Waals surface area contributed by atoms with Crippen LogP contribution < -0.4 is 14.8 Å². The van der Waals surface area contributed by atoms with Crippen molar-refractivity contribution < 1.29 is 19.2 Å². The maximum absolute atomic E-state index is 12.1. The Morgan fingerprint density at radius 1 is 1.19 bits per heavy atom. The zero-order chi connectivity index (χ0) is 18.5. The van der Waals surface area contributed by atoms with E-state index in [4.69, 9.17) is 9.47 Å². The van der Waals surface area contributed by atoms with Gasteiger partial charge in [-0.1, -0.05) is 12.1 Å². The van der Waals surface area contributed by atoms with Crippen molar-refractivity contribution in [3.8, 4) is 11.5 Å². The Balaban J connectivity index is 1.71. The highest BCUT2D eigenvalue weighted by Gasteiger charge is 2.14. The molecule has 7 nitrogen and oxygen atoms in total. The second-order valence-corrected chi connectivity index (χ2v) is 5.79. The normalized spacial score (nSPS) is 13.3. The van der Waals surface area contributed by atoms with Crippen molar-refractivity contribution >= 4 is 23.4 Å². The average Bonchev–Trinajstić information content (AvgIpc) is 2.86. The predicted molar refractivity (Wildman–Crippen MR) is 97.5 cm³/mol. The highest BCUT2D eigenvalue weighted by molar-refractivity contribution is 6.02. The van der Waals surface area contributed by atoms with E-state index in [1.807, 2.05) is 18.2 Å². The Labute approximate surface area is 150 Å². The van der Waals surface area contributed by atoms with Crippen LogP contribution in [0.25, 0.3) is 6.08 Å². The molecule has 26 heavy (non-hydrogen) atoms. The van der Waals surface area contributed by atoms with Gasteiger partial charge in [0.15, 0.2) is 11.5 Å². The molecule has 7 heteroatoms. The maximum atomic E-state index is 12.1. The van der Waals surface area contributed by atoms with Gasteiger partial charge in [0.05, 0.1) is 29.4 Å². The molecule has 0 unspecified atom stereocenters. The van der Waals surface area contributed by atoms with Crippen LogP contribution in [-0.4, -0.2) is 24.0 Å². The third kappa shape index (κ3) is 4.00. The quantitative estimate of drug-likeness (QED) is 0.513. The third-order valence-corrected chi connectivity index (χ3v) is 3.96. The standard InChI is InChI=1S/C19H18N2O5/c1-13-15(4-2-5-16(13)21(23)24)20-19(22)9-7-14-6-8-17-18(12-14)26-11-3-10-25-17/h2,4-9,12H,3,10-11H2,1H3,(H,20,22). The summed E-state index contributed by atoms with van der Waals surface area (Å²) in [6.07, 6.45) is 3.85. The summed E-state index contributed by atoms with van der Waals surface area (Å²) in [4.78, 5) is 22.6. The van der Waals surface area contributed by atoms with Gasteiger partial charge >= 0.3 is 0 Å². The Hall–Kier alpha value is -3.35. The van der Waals surface area contributed by atoms with Crippen molar-refractivity contribution in [2.75, 3.05) is 18.5 Å². The summed E-state index contributed by atoms with van der Waals surface area (Å²) >= 11 is 0. The summed E-state index contributed by atoms with van der Waals surface area (Å²) in [5.74, 6) is 0.969. The van der Waals surface area contributed by atoms with Gasteiger partial charge in [-0.2, -0.15) is 0 Å². The van der Waals surface area contributed by atoms with Crippen molar-refractivity contribution in [2.45, 2.75) is 13.3 Å². The van der Waals surface area contributed by atoms with Gasteiger partial charge in [0.1, 0.15) is 0 Å². The number of hydrogen-bond donors (Lipinski definition) is 1. The van der Waals surface area contributed by atoms with E-state index in [0.717, 1.165) is 12.0 Å². The highest BCUT2D eigenvalue weighted by atomic mass is 16.6. The molecule has 0 atom stereocenters. The van der Waals surface area contributed by atoms with E-state index >= 15 is 0 Å². The summed E-state index contributed by atoms with van der Waals surface area (Å²) in [6.45, 7) is 2.81. The van der Waals surface area contributed by atoms with Gasteiger partial charge in [0.2, 0.25) is 5.91 Å². The second kappa shape index (κ2) is 7.69. The number of nitrogens with zero attached hydrogens (tertiary/aromatic N) is 1. The number of rotatable bonds is 4. The van der Waals surface area contributed by atoms with Gasteiger partial charge in [0.25, 0.3) is 5.69 Å². The van der Waals surface area contributed by atoms with Crippen molar-refractivity contribution in [1.29, 1.82) is 0 Å². The van der Waals surface area contributed by atoms with Crippen LogP contribution in [0.4, 0.5) is 11.4 Å². The van der Waals surface area contributed by atoms with Gasteiger partial charge in [-0.05, 0) is 36.8 Å². The molecule has 0 saturated heterocycles. The molecule has 0 aliphatic carbocycles. The van der Waals surface area contributed by atoms with Crippen LogP contribution in [0.3, 0.4) is 0 Å². The summed E-state index contributed by atoms with van der Waals surface area (Å²) in [5.41, 5.74) is 1.58. The molecule has 1 amide bonds. The number of nitro benzene ring substituents is 1. The topological polar surface area (TPSA) is 90.7 Å². The van der Waals surface area contributed by atoms with E-state index in [1.165, 1.54) is 18.2 Å². The molecule has 1 aliphatic rings. The fourth-order valence-electron chi connectivity index (χ4n) is 2.59. The lowest BCUT2D eigenvalue weighted by atomic mass is 10.1. The number of anilines is 1. The molecule has 0 spiro atoms. The molecule has 0 bridgehead atoms. The first-order chi connectivity index (χ1) is 12.5. The molecule has 0 aromatic heterocycles. The van der Waals surface area contributed by atoms with Crippen LogP contribution in [0.2, 0.25) is 0 Å². The number of ether oxygens (including phenoxy) is 2. The van der Waals surface area contributed by atoms with E-state index in [1.54, 1.807) is 19.1 Å². The van der Waals surface area contributed by atoms with E-state index in [2.05, 4.69) is 5.32 Å². The fourth-order valence-corrected chi connectivity index (χ4v) is 2.59. The van der Waals surface area contributed by atoms with Crippen LogP contribution in [0.15, 0.2) is 42.5 Å². The predicted octanol–water partition coefficient (Wildman–Crippen LogP) is 3.72. The lowest BCUT2D eigenvalue weighted by Gasteiger charge is -2.08. The third-order valence-electron chi connectivity index (χ3n) is 3.96. The van der Waals surface area contributed by atoms with Crippen molar-refractivity contribution in [3.05, 3.63) is 63.7 Å². The molecular weight excluding hydrogens is 336 g/mol.